The van der Waals surface area contributed by atoms with Crippen molar-refractivity contribution in [3.05, 3.63) is 33.5 Å². The fraction of sp³-hybridized carbons (Fsp3) is 0.417. The number of alkyl halides is 3. The molecule has 104 valence electrons. The number of hydrogen-bond acceptors (Lipinski definition) is 1. The number of likely N-dealkylation sites (tertiary alicyclic amines) is 1. The molecule has 0 N–H and O–H groups in total. The summed E-state index contributed by atoms with van der Waals surface area (Å²) in [6.45, 7) is 0.891. The van der Waals surface area contributed by atoms with E-state index in [1.54, 1.807) is 0 Å². The minimum atomic E-state index is -4.81. The second-order valence-corrected chi connectivity index (χ2v) is 5.14. The third-order valence-corrected chi connectivity index (χ3v) is 3.66. The second-order valence-electron chi connectivity index (χ2n) is 4.28. The molecule has 1 aliphatic heterocycles. The largest absolute Gasteiger partial charge is 0.419 e. The van der Waals surface area contributed by atoms with E-state index in [0.717, 1.165) is 18.9 Å². The number of benzene rings is 1. The molecule has 0 spiro atoms. The van der Waals surface area contributed by atoms with Gasteiger partial charge >= 0.3 is 6.18 Å². The quantitative estimate of drug-likeness (QED) is 0.712. The van der Waals surface area contributed by atoms with E-state index >= 15 is 0 Å². The Balaban J connectivity index is 2.47. The van der Waals surface area contributed by atoms with E-state index in [0.29, 0.717) is 19.2 Å². The molecule has 0 bridgehead atoms. The van der Waals surface area contributed by atoms with Crippen LogP contribution in [0.1, 0.15) is 28.8 Å². The molecule has 19 heavy (non-hydrogen) atoms. The highest BCUT2D eigenvalue weighted by Crippen LogP contribution is 2.35. The molecule has 2 rings (SSSR count). The maximum atomic E-state index is 13.9. The summed E-state index contributed by atoms with van der Waals surface area (Å²) in [6, 6.07) is 1.68. The lowest BCUT2D eigenvalue weighted by molar-refractivity contribution is -0.140. The molecule has 1 aromatic carbocycles. The van der Waals surface area contributed by atoms with Gasteiger partial charge < -0.3 is 4.90 Å². The number of rotatable bonds is 1. The van der Waals surface area contributed by atoms with Crippen molar-refractivity contribution in [3.8, 4) is 0 Å². The third kappa shape index (κ3) is 2.75. The van der Waals surface area contributed by atoms with Gasteiger partial charge in [0.05, 0.1) is 11.1 Å². The zero-order valence-corrected chi connectivity index (χ0v) is 11.3. The Hall–Kier alpha value is -1.11. The highest BCUT2D eigenvalue weighted by Gasteiger charge is 2.37. The first-order valence-electron chi connectivity index (χ1n) is 5.67. The van der Waals surface area contributed by atoms with Gasteiger partial charge in [-0.25, -0.2) is 4.39 Å². The molecule has 0 unspecified atom stereocenters. The lowest BCUT2D eigenvalue weighted by Crippen LogP contribution is -2.29. The van der Waals surface area contributed by atoms with Crippen LogP contribution in [0.3, 0.4) is 0 Å². The van der Waals surface area contributed by atoms with Crippen molar-refractivity contribution >= 4 is 21.8 Å². The lowest BCUT2D eigenvalue weighted by atomic mass is 10.1. The van der Waals surface area contributed by atoms with Gasteiger partial charge in [-0.1, -0.05) is 0 Å². The second kappa shape index (κ2) is 5.11. The standard InChI is InChI=1S/C12H10BrF4NO/c13-8-4-3-7(12(15,16)17)10(14)9(8)11(19)18-5-1-2-6-18/h3-4H,1-2,5-6H2. The minimum absolute atomic E-state index is 0.0369. The summed E-state index contributed by atoms with van der Waals surface area (Å²) in [5.41, 5.74) is -1.96. The monoisotopic (exact) mass is 339 g/mol. The van der Waals surface area contributed by atoms with Gasteiger partial charge in [0.25, 0.3) is 5.91 Å². The number of carbonyl (C=O) groups excluding carboxylic acids is 1. The molecule has 0 atom stereocenters. The van der Waals surface area contributed by atoms with Crippen LogP contribution in [0.5, 0.6) is 0 Å². The van der Waals surface area contributed by atoms with Crippen LogP contribution >= 0.6 is 15.9 Å². The van der Waals surface area contributed by atoms with Crippen molar-refractivity contribution in [3.63, 3.8) is 0 Å². The Bertz CT molecular complexity index is 509. The van der Waals surface area contributed by atoms with Crippen LogP contribution in [-0.2, 0) is 6.18 Å². The van der Waals surface area contributed by atoms with Crippen LogP contribution in [0.15, 0.2) is 16.6 Å². The Kier molecular flexibility index (Phi) is 3.85. The van der Waals surface area contributed by atoms with Crippen molar-refractivity contribution in [1.82, 2.24) is 4.90 Å². The number of nitrogens with zero attached hydrogens (tertiary/aromatic N) is 1. The van der Waals surface area contributed by atoms with Crippen molar-refractivity contribution < 1.29 is 22.4 Å². The van der Waals surface area contributed by atoms with Gasteiger partial charge in [0.15, 0.2) is 0 Å². The number of amides is 1. The summed E-state index contributed by atoms with van der Waals surface area (Å²) in [5, 5.41) is 0. The first-order chi connectivity index (χ1) is 8.82. The predicted octanol–water partition coefficient (Wildman–Crippen LogP) is 3.84. The van der Waals surface area contributed by atoms with Gasteiger partial charge in [0.2, 0.25) is 0 Å². The molecule has 1 aliphatic rings. The van der Waals surface area contributed by atoms with E-state index < -0.39 is 29.0 Å². The maximum absolute atomic E-state index is 13.9. The van der Waals surface area contributed by atoms with E-state index in [-0.39, 0.29) is 4.47 Å². The molecule has 2 nitrogen and oxygen atoms in total. The van der Waals surface area contributed by atoms with Gasteiger partial charge in [0, 0.05) is 17.6 Å². The van der Waals surface area contributed by atoms with Gasteiger partial charge in [-0.2, -0.15) is 13.2 Å². The molecule has 0 aliphatic carbocycles. The third-order valence-electron chi connectivity index (χ3n) is 3.00. The summed E-state index contributed by atoms with van der Waals surface area (Å²) in [6.07, 6.45) is -3.25. The maximum Gasteiger partial charge on any atom is 0.419 e. The van der Waals surface area contributed by atoms with E-state index in [1.165, 1.54) is 4.90 Å². The van der Waals surface area contributed by atoms with E-state index in [9.17, 15) is 22.4 Å². The van der Waals surface area contributed by atoms with Crippen molar-refractivity contribution in [1.29, 1.82) is 0 Å². The molecule has 0 aromatic heterocycles. The van der Waals surface area contributed by atoms with Gasteiger partial charge in [-0.3, -0.25) is 4.79 Å². The average molecular weight is 340 g/mol. The summed E-state index contributed by atoms with van der Waals surface area (Å²) < 4.78 is 51.8. The fourth-order valence-electron chi connectivity index (χ4n) is 2.05. The van der Waals surface area contributed by atoms with E-state index in [2.05, 4.69) is 15.9 Å². The molecule has 0 saturated carbocycles. The Morgan fingerprint density at radius 1 is 1.21 bits per heavy atom. The SMILES string of the molecule is O=C(c1c(Br)ccc(C(F)(F)F)c1F)N1CCCC1. The molecule has 1 amide bonds. The van der Waals surface area contributed by atoms with Gasteiger partial charge in [-0.05, 0) is 40.9 Å². The molecular formula is C12H10BrF4NO. The van der Waals surface area contributed by atoms with Crippen molar-refractivity contribution in [2.75, 3.05) is 13.1 Å². The highest BCUT2D eigenvalue weighted by atomic mass is 79.9. The van der Waals surface area contributed by atoms with Crippen LogP contribution in [0, 0.1) is 5.82 Å². The summed E-state index contributed by atoms with van der Waals surface area (Å²) in [4.78, 5) is 13.4. The summed E-state index contributed by atoms with van der Waals surface area (Å²) in [7, 11) is 0. The molecule has 1 aromatic rings. The molecule has 7 heteroatoms. The zero-order chi connectivity index (χ0) is 14.2. The Labute approximate surface area is 115 Å². The van der Waals surface area contributed by atoms with Crippen LogP contribution in [0.25, 0.3) is 0 Å². The predicted molar refractivity (Wildman–Crippen MR) is 64.2 cm³/mol. The first-order valence-corrected chi connectivity index (χ1v) is 6.46. The molecule has 1 saturated heterocycles. The number of halogens is 5. The average Bonchev–Trinajstić information content (AvgIpc) is 2.80. The fourth-order valence-corrected chi connectivity index (χ4v) is 2.52. The van der Waals surface area contributed by atoms with Crippen LogP contribution in [0.4, 0.5) is 17.6 Å². The molecule has 1 heterocycles. The summed E-state index contributed by atoms with van der Waals surface area (Å²) >= 11 is 2.94. The molecule has 0 radical (unpaired) electrons. The van der Waals surface area contributed by atoms with Gasteiger partial charge in [0.1, 0.15) is 5.82 Å². The minimum Gasteiger partial charge on any atom is -0.339 e. The van der Waals surface area contributed by atoms with Crippen LogP contribution in [-0.4, -0.2) is 23.9 Å². The first kappa shape index (κ1) is 14.3. The van der Waals surface area contributed by atoms with E-state index in [4.69, 9.17) is 0 Å². The smallest absolute Gasteiger partial charge is 0.339 e. The highest BCUT2D eigenvalue weighted by molar-refractivity contribution is 9.10. The Morgan fingerprint density at radius 3 is 2.32 bits per heavy atom. The molecular weight excluding hydrogens is 330 g/mol. The lowest BCUT2D eigenvalue weighted by Gasteiger charge is -2.18. The number of carbonyl (C=O) groups is 1. The normalized spacial score (nSPS) is 15.9. The topological polar surface area (TPSA) is 20.3 Å². The van der Waals surface area contributed by atoms with Gasteiger partial charge in [-0.15, -0.1) is 0 Å². The Morgan fingerprint density at radius 2 is 1.79 bits per heavy atom. The van der Waals surface area contributed by atoms with Crippen molar-refractivity contribution in [2.24, 2.45) is 0 Å². The summed E-state index contributed by atoms with van der Waals surface area (Å²) in [5.74, 6) is -2.22. The van der Waals surface area contributed by atoms with E-state index in [1.807, 2.05) is 0 Å². The van der Waals surface area contributed by atoms with Crippen molar-refractivity contribution in [2.45, 2.75) is 19.0 Å². The molecule has 1 fully saturated rings. The zero-order valence-electron chi connectivity index (χ0n) is 9.73. The number of hydrogen-bond donors (Lipinski definition) is 0. The van der Waals surface area contributed by atoms with Crippen LogP contribution < -0.4 is 0 Å². The van der Waals surface area contributed by atoms with Crippen LogP contribution in [0.2, 0.25) is 0 Å².